The molecule has 2 aromatic heterocycles. The molecule has 3 N–H and O–H groups in total. The van der Waals surface area contributed by atoms with Crippen LogP contribution in [0.4, 0.5) is 0 Å². The predicted molar refractivity (Wildman–Crippen MR) is 64.1 cm³/mol. The molecule has 0 aromatic carbocycles. The highest BCUT2D eigenvalue weighted by atomic mass is 15.6. The van der Waals surface area contributed by atoms with Gasteiger partial charge in [0.15, 0.2) is 5.82 Å². The van der Waals surface area contributed by atoms with Crippen LogP contribution in [-0.4, -0.2) is 30.4 Å². The lowest BCUT2D eigenvalue weighted by Crippen LogP contribution is -2.31. The lowest BCUT2D eigenvalue weighted by atomic mass is 10.0. The van der Waals surface area contributed by atoms with Crippen molar-refractivity contribution in [2.24, 2.45) is 12.9 Å². The summed E-state index contributed by atoms with van der Waals surface area (Å²) in [7, 11) is 1.73. The number of tetrazole rings is 1. The Bertz CT molecular complexity index is 534. The summed E-state index contributed by atoms with van der Waals surface area (Å²) in [5.74, 6) is 6.23. The average molecular weight is 248 g/mol. The maximum Gasteiger partial charge on any atom is 0.176 e. The van der Waals surface area contributed by atoms with E-state index in [1.54, 1.807) is 7.05 Å². The molecular formula is C10H16N8. The third-order valence-electron chi connectivity index (χ3n) is 2.65. The molecule has 0 aliphatic heterocycles. The molecule has 1 unspecified atom stereocenters. The molecule has 8 nitrogen and oxygen atoms in total. The molecular weight excluding hydrogens is 232 g/mol. The Labute approximate surface area is 105 Å². The van der Waals surface area contributed by atoms with E-state index in [0.29, 0.717) is 12.2 Å². The predicted octanol–water partition coefficient (Wildman–Crippen LogP) is -0.636. The summed E-state index contributed by atoms with van der Waals surface area (Å²) in [5, 5.41) is 20.0. The van der Waals surface area contributed by atoms with Crippen molar-refractivity contribution in [2.45, 2.75) is 26.3 Å². The van der Waals surface area contributed by atoms with Gasteiger partial charge >= 0.3 is 0 Å². The van der Waals surface area contributed by atoms with Gasteiger partial charge in [-0.3, -0.25) is 11.3 Å². The molecule has 0 aliphatic carbocycles. The second-order valence-corrected chi connectivity index (χ2v) is 4.14. The molecule has 2 rings (SSSR count). The van der Waals surface area contributed by atoms with E-state index in [9.17, 15) is 0 Å². The van der Waals surface area contributed by atoms with Crippen LogP contribution >= 0.6 is 0 Å². The zero-order valence-corrected chi connectivity index (χ0v) is 10.6. The van der Waals surface area contributed by atoms with Gasteiger partial charge in [-0.25, -0.2) is 0 Å². The van der Waals surface area contributed by atoms with E-state index in [0.717, 1.165) is 17.0 Å². The molecule has 0 fully saturated rings. The number of hydrogen-bond acceptors (Lipinski definition) is 7. The standard InChI is InChI=1S/C10H16N8/c1-6-4-8(7(2)14-13-6)9(12-11)5-10-15-17-18(3)16-10/h4,9,12H,5,11H2,1-3H3. The second-order valence-electron chi connectivity index (χ2n) is 4.14. The number of hydrogen-bond donors (Lipinski definition) is 2. The number of aromatic nitrogens is 6. The first-order chi connectivity index (χ1) is 8.60. The van der Waals surface area contributed by atoms with E-state index < -0.39 is 0 Å². The zero-order chi connectivity index (χ0) is 13.1. The highest BCUT2D eigenvalue weighted by Gasteiger charge is 2.17. The van der Waals surface area contributed by atoms with Crippen molar-refractivity contribution < 1.29 is 0 Å². The van der Waals surface area contributed by atoms with Gasteiger partial charge in [-0.2, -0.15) is 15.0 Å². The average Bonchev–Trinajstić information content (AvgIpc) is 2.75. The highest BCUT2D eigenvalue weighted by Crippen LogP contribution is 2.18. The number of nitrogens with one attached hydrogen (secondary N) is 1. The van der Waals surface area contributed by atoms with Crippen LogP contribution in [0, 0.1) is 13.8 Å². The first-order valence-corrected chi connectivity index (χ1v) is 5.60. The van der Waals surface area contributed by atoms with Crippen molar-refractivity contribution in [2.75, 3.05) is 0 Å². The summed E-state index contributed by atoms with van der Waals surface area (Å²) >= 11 is 0. The van der Waals surface area contributed by atoms with E-state index in [4.69, 9.17) is 5.84 Å². The van der Waals surface area contributed by atoms with Crippen LogP contribution in [0.5, 0.6) is 0 Å². The number of nitrogens with two attached hydrogens (primary N) is 1. The van der Waals surface area contributed by atoms with Crippen LogP contribution in [0.15, 0.2) is 6.07 Å². The van der Waals surface area contributed by atoms with Crippen molar-refractivity contribution in [3.63, 3.8) is 0 Å². The fourth-order valence-corrected chi connectivity index (χ4v) is 1.77. The molecule has 8 heteroatoms. The number of aryl methyl sites for hydroxylation is 3. The molecule has 0 saturated heterocycles. The quantitative estimate of drug-likeness (QED) is 0.547. The van der Waals surface area contributed by atoms with Gasteiger partial charge in [0, 0.05) is 6.42 Å². The minimum Gasteiger partial charge on any atom is -0.271 e. The Morgan fingerprint density at radius 3 is 2.72 bits per heavy atom. The van der Waals surface area contributed by atoms with E-state index in [1.165, 1.54) is 4.80 Å². The van der Waals surface area contributed by atoms with Gasteiger partial charge in [0.2, 0.25) is 0 Å². The summed E-state index contributed by atoms with van der Waals surface area (Å²) in [5.41, 5.74) is 5.45. The minimum atomic E-state index is -0.108. The third-order valence-corrected chi connectivity index (χ3v) is 2.65. The molecule has 0 radical (unpaired) electrons. The molecule has 0 aliphatic rings. The maximum atomic E-state index is 5.60. The van der Waals surface area contributed by atoms with Crippen molar-refractivity contribution >= 4 is 0 Å². The van der Waals surface area contributed by atoms with Crippen molar-refractivity contribution in [1.29, 1.82) is 0 Å². The van der Waals surface area contributed by atoms with Gasteiger partial charge in [-0.1, -0.05) is 0 Å². The van der Waals surface area contributed by atoms with Crippen molar-refractivity contribution in [3.8, 4) is 0 Å². The van der Waals surface area contributed by atoms with Crippen LogP contribution in [0.2, 0.25) is 0 Å². The molecule has 2 heterocycles. The van der Waals surface area contributed by atoms with Crippen LogP contribution < -0.4 is 11.3 Å². The Morgan fingerprint density at radius 2 is 2.11 bits per heavy atom. The second kappa shape index (κ2) is 5.15. The first kappa shape index (κ1) is 12.5. The summed E-state index contributed by atoms with van der Waals surface area (Å²) in [6.07, 6.45) is 0.552. The summed E-state index contributed by atoms with van der Waals surface area (Å²) in [6.45, 7) is 3.79. The van der Waals surface area contributed by atoms with Gasteiger partial charge in [-0.05, 0) is 30.7 Å². The van der Waals surface area contributed by atoms with E-state index in [2.05, 4.69) is 31.0 Å². The summed E-state index contributed by atoms with van der Waals surface area (Å²) < 4.78 is 0. The monoisotopic (exact) mass is 248 g/mol. The Balaban J connectivity index is 2.25. The minimum absolute atomic E-state index is 0.108. The smallest absolute Gasteiger partial charge is 0.176 e. The topological polar surface area (TPSA) is 107 Å². The molecule has 18 heavy (non-hydrogen) atoms. The third kappa shape index (κ3) is 2.66. The van der Waals surface area contributed by atoms with Crippen molar-refractivity contribution in [3.05, 3.63) is 28.8 Å². The Hall–Kier alpha value is -1.93. The van der Waals surface area contributed by atoms with E-state index >= 15 is 0 Å². The fraction of sp³-hybridized carbons (Fsp3) is 0.500. The van der Waals surface area contributed by atoms with Gasteiger partial charge < -0.3 is 0 Å². The lowest BCUT2D eigenvalue weighted by molar-refractivity contribution is 0.529. The van der Waals surface area contributed by atoms with E-state index in [1.807, 2.05) is 19.9 Å². The summed E-state index contributed by atoms with van der Waals surface area (Å²) in [6, 6.07) is 1.85. The zero-order valence-electron chi connectivity index (χ0n) is 10.6. The lowest BCUT2D eigenvalue weighted by Gasteiger charge is -2.16. The molecule has 0 saturated carbocycles. The van der Waals surface area contributed by atoms with Gasteiger partial charge in [0.25, 0.3) is 0 Å². The normalized spacial score (nSPS) is 12.7. The molecule has 96 valence electrons. The van der Waals surface area contributed by atoms with Gasteiger partial charge in [0.1, 0.15) is 0 Å². The Morgan fingerprint density at radius 1 is 1.33 bits per heavy atom. The van der Waals surface area contributed by atoms with Gasteiger partial charge in [-0.15, -0.1) is 10.2 Å². The fourth-order valence-electron chi connectivity index (χ4n) is 1.77. The molecule has 0 amide bonds. The molecule has 0 bridgehead atoms. The maximum absolute atomic E-state index is 5.60. The van der Waals surface area contributed by atoms with Crippen molar-refractivity contribution in [1.82, 2.24) is 35.8 Å². The largest absolute Gasteiger partial charge is 0.271 e. The molecule has 0 spiro atoms. The summed E-state index contributed by atoms with van der Waals surface area (Å²) in [4.78, 5) is 1.42. The number of hydrazine groups is 1. The van der Waals surface area contributed by atoms with Crippen LogP contribution in [-0.2, 0) is 13.5 Å². The SMILES string of the molecule is Cc1cc(C(Cc2nnn(C)n2)NN)c(C)nn1. The van der Waals surface area contributed by atoms with Gasteiger partial charge in [0.05, 0.1) is 24.5 Å². The van der Waals surface area contributed by atoms with Crippen LogP contribution in [0.25, 0.3) is 0 Å². The molecule has 1 atom stereocenters. The highest BCUT2D eigenvalue weighted by molar-refractivity contribution is 5.24. The van der Waals surface area contributed by atoms with Crippen LogP contribution in [0.1, 0.15) is 28.8 Å². The number of nitrogens with zero attached hydrogens (tertiary/aromatic N) is 6. The number of rotatable bonds is 4. The van der Waals surface area contributed by atoms with E-state index in [-0.39, 0.29) is 6.04 Å². The first-order valence-electron chi connectivity index (χ1n) is 5.60. The van der Waals surface area contributed by atoms with Crippen LogP contribution in [0.3, 0.4) is 0 Å². The molecule has 2 aromatic rings. The Kier molecular flexibility index (Phi) is 3.58.